The summed E-state index contributed by atoms with van der Waals surface area (Å²) in [4.78, 5) is 12.1. The minimum Gasteiger partial charge on any atom is -0.391 e. The molecule has 1 fully saturated rings. The van der Waals surface area contributed by atoms with Gasteiger partial charge in [0.15, 0.2) is 0 Å². The molecule has 116 valence electrons. The molecule has 5 nitrogen and oxygen atoms in total. The Bertz CT molecular complexity index is 521. The second kappa shape index (κ2) is 7.56. The molecule has 1 aliphatic carbocycles. The number of aliphatic hydroxyl groups excluding tert-OH is 1. The Morgan fingerprint density at radius 2 is 2.05 bits per heavy atom. The summed E-state index contributed by atoms with van der Waals surface area (Å²) in [5, 5.41) is 15.5. The van der Waals surface area contributed by atoms with Crippen LogP contribution in [0.25, 0.3) is 0 Å². The first-order chi connectivity index (χ1) is 10.1. The van der Waals surface area contributed by atoms with Crippen LogP contribution in [0, 0.1) is 0 Å². The van der Waals surface area contributed by atoms with E-state index >= 15 is 0 Å². The monoisotopic (exact) mass is 310 g/mol. The van der Waals surface area contributed by atoms with Crippen molar-refractivity contribution in [2.75, 3.05) is 11.6 Å². The van der Waals surface area contributed by atoms with Gasteiger partial charge in [0, 0.05) is 22.7 Å². The quantitative estimate of drug-likeness (QED) is 0.796. The molecule has 0 heterocycles. The molecule has 2 amide bonds. The second-order valence-corrected chi connectivity index (χ2v) is 6.87. The first kappa shape index (κ1) is 16.0. The summed E-state index contributed by atoms with van der Waals surface area (Å²) in [5.74, 6) is 0.405. The van der Waals surface area contributed by atoms with E-state index in [-0.39, 0.29) is 12.1 Å². The number of nitrogens with one attached hydrogen (secondary N) is 2. The summed E-state index contributed by atoms with van der Waals surface area (Å²) in [6.07, 6.45) is 4.73. The standard InChI is InChI=1S/C15H22N2O3S/c1-21(20)10-11-6-2-3-7-12(11)16-15(19)17-13-8-4-5-9-14(13)18/h2-3,6-7,13-14,18H,4-5,8-10H2,1H3,(H2,16,17,19)/t13-,14+,21-/m0/s1. The van der Waals surface area contributed by atoms with Gasteiger partial charge < -0.3 is 15.7 Å². The molecule has 1 aromatic carbocycles. The minimum absolute atomic E-state index is 0.189. The molecule has 3 N–H and O–H groups in total. The molecule has 6 heteroatoms. The summed E-state index contributed by atoms with van der Waals surface area (Å²) < 4.78 is 11.4. The summed E-state index contributed by atoms with van der Waals surface area (Å²) in [6.45, 7) is 0. The van der Waals surface area contributed by atoms with Crippen LogP contribution in [-0.2, 0) is 16.6 Å². The van der Waals surface area contributed by atoms with Gasteiger partial charge in [0.2, 0.25) is 0 Å². The molecule has 0 unspecified atom stereocenters. The predicted octanol–water partition coefficient (Wildman–Crippen LogP) is 1.99. The Labute approximate surface area is 127 Å². The Morgan fingerprint density at radius 1 is 1.33 bits per heavy atom. The first-order valence-electron chi connectivity index (χ1n) is 7.20. The highest BCUT2D eigenvalue weighted by Gasteiger charge is 2.24. The lowest BCUT2D eigenvalue weighted by Crippen LogP contribution is -2.46. The average molecular weight is 310 g/mol. The SMILES string of the molecule is C[S@](=O)Cc1ccccc1NC(=O)N[C@H]1CCCC[C@H]1O. The lowest BCUT2D eigenvalue weighted by Gasteiger charge is -2.28. The number of aliphatic hydroxyl groups is 1. The fourth-order valence-electron chi connectivity index (χ4n) is 2.59. The van der Waals surface area contributed by atoms with Gasteiger partial charge in [-0.15, -0.1) is 0 Å². The number of rotatable bonds is 4. The van der Waals surface area contributed by atoms with Crippen LogP contribution in [0.1, 0.15) is 31.2 Å². The number of hydrogen-bond donors (Lipinski definition) is 3. The maximum Gasteiger partial charge on any atom is 0.319 e. The Kier molecular flexibility index (Phi) is 5.76. The zero-order valence-corrected chi connectivity index (χ0v) is 13.0. The molecular formula is C15H22N2O3S. The molecule has 0 aromatic heterocycles. The van der Waals surface area contributed by atoms with E-state index < -0.39 is 16.9 Å². The summed E-state index contributed by atoms with van der Waals surface area (Å²) in [6, 6.07) is 6.82. The van der Waals surface area contributed by atoms with Crippen molar-refractivity contribution in [1.29, 1.82) is 0 Å². The van der Waals surface area contributed by atoms with Crippen molar-refractivity contribution in [2.24, 2.45) is 0 Å². The van der Waals surface area contributed by atoms with E-state index in [4.69, 9.17) is 0 Å². The lowest BCUT2D eigenvalue weighted by atomic mass is 9.93. The molecule has 0 spiro atoms. The number of hydrogen-bond acceptors (Lipinski definition) is 3. The highest BCUT2D eigenvalue weighted by molar-refractivity contribution is 7.83. The zero-order valence-electron chi connectivity index (χ0n) is 12.2. The largest absolute Gasteiger partial charge is 0.391 e. The van der Waals surface area contributed by atoms with Gasteiger partial charge in [0.1, 0.15) is 0 Å². The van der Waals surface area contributed by atoms with E-state index in [9.17, 15) is 14.1 Å². The average Bonchev–Trinajstić information content (AvgIpc) is 2.43. The van der Waals surface area contributed by atoms with Gasteiger partial charge in [-0.3, -0.25) is 4.21 Å². The van der Waals surface area contributed by atoms with Crippen molar-refractivity contribution in [3.05, 3.63) is 29.8 Å². The molecule has 1 aromatic rings. The van der Waals surface area contributed by atoms with Crippen LogP contribution in [0.3, 0.4) is 0 Å². The predicted molar refractivity (Wildman–Crippen MR) is 84.6 cm³/mol. The highest BCUT2D eigenvalue weighted by atomic mass is 32.2. The third kappa shape index (κ3) is 4.82. The first-order valence-corrected chi connectivity index (χ1v) is 8.92. The van der Waals surface area contributed by atoms with Gasteiger partial charge >= 0.3 is 6.03 Å². The van der Waals surface area contributed by atoms with E-state index in [0.29, 0.717) is 11.4 Å². The van der Waals surface area contributed by atoms with Crippen molar-refractivity contribution < 1.29 is 14.1 Å². The molecular weight excluding hydrogens is 288 g/mol. The van der Waals surface area contributed by atoms with Crippen LogP contribution in [-0.4, -0.2) is 33.7 Å². The van der Waals surface area contributed by atoms with E-state index in [1.54, 1.807) is 12.3 Å². The third-order valence-electron chi connectivity index (χ3n) is 3.67. The van der Waals surface area contributed by atoms with Crippen molar-refractivity contribution in [1.82, 2.24) is 5.32 Å². The maximum atomic E-state index is 12.1. The lowest BCUT2D eigenvalue weighted by molar-refractivity contribution is 0.0955. The topological polar surface area (TPSA) is 78.4 Å². The van der Waals surface area contributed by atoms with Gasteiger partial charge in [0.05, 0.1) is 17.9 Å². The van der Waals surface area contributed by atoms with Crippen LogP contribution in [0.4, 0.5) is 10.5 Å². The van der Waals surface area contributed by atoms with Gasteiger partial charge in [-0.25, -0.2) is 4.79 Å². The minimum atomic E-state index is -0.965. The smallest absolute Gasteiger partial charge is 0.319 e. The number of urea groups is 1. The Morgan fingerprint density at radius 3 is 2.76 bits per heavy atom. The molecule has 1 aliphatic rings. The molecule has 3 atom stereocenters. The molecule has 0 radical (unpaired) electrons. The van der Waals surface area contributed by atoms with Crippen LogP contribution < -0.4 is 10.6 Å². The van der Waals surface area contributed by atoms with Crippen LogP contribution in [0.5, 0.6) is 0 Å². The number of anilines is 1. The summed E-state index contributed by atoms with van der Waals surface area (Å²) >= 11 is 0. The molecule has 1 saturated carbocycles. The summed E-state index contributed by atoms with van der Waals surface area (Å²) in [5.41, 5.74) is 1.51. The van der Waals surface area contributed by atoms with Crippen LogP contribution >= 0.6 is 0 Å². The van der Waals surface area contributed by atoms with E-state index in [1.165, 1.54) is 0 Å². The van der Waals surface area contributed by atoms with Gasteiger partial charge in [0.25, 0.3) is 0 Å². The normalized spacial score (nSPS) is 23.3. The van der Waals surface area contributed by atoms with Gasteiger partial charge in [-0.2, -0.15) is 0 Å². The van der Waals surface area contributed by atoms with Crippen LogP contribution in [0.2, 0.25) is 0 Å². The number of amides is 2. The van der Waals surface area contributed by atoms with Crippen LogP contribution in [0.15, 0.2) is 24.3 Å². The fraction of sp³-hybridized carbons (Fsp3) is 0.533. The number of para-hydroxylation sites is 1. The van der Waals surface area contributed by atoms with Crippen molar-refractivity contribution in [3.63, 3.8) is 0 Å². The Balaban J connectivity index is 1.97. The van der Waals surface area contributed by atoms with E-state index in [2.05, 4.69) is 10.6 Å². The second-order valence-electron chi connectivity index (χ2n) is 5.43. The van der Waals surface area contributed by atoms with E-state index in [0.717, 1.165) is 31.2 Å². The molecule has 2 rings (SSSR count). The molecule has 0 bridgehead atoms. The molecule has 0 aliphatic heterocycles. The maximum absolute atomic E-state index is 12.1. The molecule has 0 saturated heterocycles. The zero-order chi connectivity index (χ0) is 15.2. The van der Waals surface area contributed by atoms with Crippen molar-refractivity contribution in [2.45, 2.75) is 43.6 Å². The third-order valence-corrected chi connectivity index (χ3v) is 4.39. The Hall–Kier alpha value is -1.40. The number of carbonyl (C=O) groups is 1. The number of benzene rings is 1. The molecule has 21 heavy (non-hydrogen) atoms. The van der Waals surface area contributed by atoms with Gasteiger partial charge in [-0.1, -0.05) is 31.0 Å². The number of carbonyl (C=O) groups excluding carboxylic acids is 1. The fourth-order valence-corrected chi connectivity index (χ4v) is 3.28. The van der Waals surface area contributed by atoms with Gasteiger partial charge in [-0.05, 0) is 24.5 Å². The van der Waals surface area contributed by atoms with E-state index in [1.807, 2.05) is 18.2 Å². The summed E-state index contributed by atoms with van der Waals surface area (Å²) in [7, 11) is -0.965. The van der Waals surface area contributed by atoms with Crippen molar-refractivity contribution in [3.8, 4) is 0 Å². The highest BCUT2D eigenvalue weighted by Crippen LogP contribution is 2.19. The van der Waals surface area contributed by atoms with Crippen molar-refractivity contribution >= 4 is 22.5 Å².